The van der Waals surface area contributed by atoms with Gasteiger partial charge in [-0.1, -0.05) is 6.07 Å². The molecule has 0 unspecified atom stereocenters. The highest BCUT2D eigenvalue weighted by Gasteiger charge is 2.08. The van der Waals surface area contributed by atoms with Crippen LogP contribution in [0.15, 0.2) is 41.1 Å². The Labute approximate surface area is 127 Å². The van der Waals surface area contributed by atoms with E-state index in [2.05, 4.69) is 20.9 Å². The van der Waals surface area contributed by atoms with Crippen molar-refractivity contribution < 1.29 is 9.47 Å². The van der Waals surface area contributed by atoms with Gasteiger partial charge in [0.2, 0.25) is 0 Å². The maximum Gasteiger partial charge on any atom is 0.161 e. The summed E-state index contributed by atoms with van der Waals surface area (Å²) in [4.78, 5) is 4.10. The van der Waals surface area contributed by atoms with Crippen LogP contribution >= 0.6 is 15.9 Å². The molecule has 106 valence electrons. The van der Waals surface area contributed by atoms with Gasteiger partial charge in [0.1, 0.15) is 6.61 Å². The summed E-state index contributed by atoms with van der Waals surface area (Å²) < 4.78 is 12.0. The summed E-state index contributed by atoms with van der Waals surface area (Å²) in [5.41, 5.74) is 7.86. The van der Waals surface area contributed by atoms with Crippen molar-refractivity contribution in [3.63, 3.8) is 0 Å². The van der Waals surface area contributed by atoms with Gasteiger partial charge in [0.15, 0.2) is 11.5 Å². The van der Waals surface area contributed by atoms with E-state index in [0.717, 1.165) is 15.6 Å². The number of methoxy groups -OCH3 is 1. The van der Waals surface area contributed by atoms with E-state index in [1.807, 2.05) is 31.2 Å². The summed E-state index contributed by atoms with van der Waals surface area (Å²) in [6.07, 6.45) is 3.51. The van der Waals surface area contributed by atoms with Gasteiger partial charge in [-0.15, -0.1) is 0 Å². The van der Waals surface area contributed by atoms with Crippen molar-refractivity contribution in [2.24, 2.45) is 5.73 Å². The van der Waals surface area contributed by atoms with Gasteiger partial charge in [0, 0.05) is 28.5 Å². The molecule has 0 fully saturated rings. The van der Waals surface area contributed by atoms with Crippen LogP contribution < -0.4 is 15.2 Å². The number of pyridine rings is 1. The van der Waals surface area contributed by atoms with E-state index < -0.39 is 0 Å². The number of ether oxygens (including phenoxy) is 2. The second kappa shape index (κ2) is 6.72. The van der Waals surface area contributed by atoms with Crippen LogP contribution in [-0.2, 0) is 6.61 Å². The molecule has 1 heterocycles. The average molecular weight is 337 g/mol. The van der Waals surface area contributed by atoms with Crippen molar-refractivity contribution in [3.05, 3.63) is 52.3 Å². The third-order valence-electron chi connectivity index (χ3n) is 2.87. The molecule has 0 amide bonds. The zero-order chi connectivity index (χ0) is 14.5. The van der Waals surface area contributed by atoms with Gasteiger partial charge in [-0.3, -0.25) is 4.98 Å². The van der Waals surface area contributed by atoms with Gasteiger partial charge < -0.3 is 15.2 Å². The normalized spacial score (nSPS) is 12.0. The maximum atomic E-state index is 5.86. The van der Waals surface area contributed by atoms with E-state index in [1.54, 1.807) is 19.5 Å². The highest BCUT2D eigenvalue weighted by molar-refractivity contribution is 9.10. The summed E-state index contributed by atoms with van der Waals surface area (Å²) in [7, 11) is 1.62. The summed E-state index contributed by atoms with van der Waals surface area (Å²) in [6.45, 7) is 2.36. The number of hydrogen-bond acceptors (Lipinski definition) is 4. The van der Waals surface area contributed by atoms with Gasteiger partial charge in [0.05, 0.1) is 7.11 Å². The van der Waals surface area contributed by atoms with Crippen LogP contribution in [0, 0.1) is 0 Å². The maximum absolute atomic E-state index is 5.86. The molecule has 5 heteroatoms. The van der Waals surface area contributed by atoms with Crippen LogP contribution in [0.4, 0.5) is 0 Å². The van der Waals surface area contributed by atoms with Crippen LogP contribution in [0.25, 0.3) is 0 Å². The molecule has 0 bridgehead atoms. The molecule has 2 aromatic rings. The van der Waals surface area contributed by atoms with Crippen molar-refractivity contribution in [1.29, 1.82) is 0 Å². The van der Waals surface area contributed by atoms with Crippen LogP contribution in [-0.4, -0.2) is 12.1 Å². The van der Waals surface area contributed by atoms with Crippen molar-refractivity contribution >= 4 is 15.9 Å². The molecule has 1 aromatic carbocycles. The lowest BCUT2D eigenvalue weighted by Gasteiger charge is -2.13. The predicted octanol–water partition coefficient (Wildman–Crippen LogP) is 3.45. The molecule has 0 saturated heterocycles. The van der Waals surface area contributed by atoms with E-state index >= 15 is 0 Å². The lowest BCUT2D eigenvalue weighted by Crippen LogP contribution is -2.05. The number of aromatic nitrogens is 1. The highest BCUT2D eigenvalue weighted by atomic mass is 79.9. The lowest BCUT2D eigenvalue weighted by atomic mass is 10.1. The Morgan fingerprint density at radius 2 is 2.05 bits per heavy atom. The Bertz CT molecular complexity index is 588. The van der Waals surface area contributed by atoms with Crippen LogP contribution in [0.3, 0.4) is 0 Å². The Hall–Kier alpha value is -1.59. The van der Waals surface area contributed by atoms with Crippen molar-refractivity contribution in [1.82, 2.24) is 4.98 Å². The van der Waals surface area contributed by atoms with Crippen LogP contribution in [0.5, 0.6) is 11.5 Å². The third kappa shape index (κ3) is 3.71. The molecule has 0 aliphatic heterocycles. The largest absolute Gasteiger partial charge is 0.493 e. The quantitative estimate of drug-likeness (QED) is 0.908. The average Bonchev–Trinajstić information content (AvgIpc) is 2.45. The van der Waals surface area contributed by atoms with Gasteiger partial charge in [-0.2, -0.15) is 0 Å². The molecule has 0 saturated carbocycles. The zero-order valence-electron chi connectivity index (χ0n) is 11.5. The van der Waals surface area contributed by atoms with E-state index in [9.17, 15) is 0 Å². The molecule has 2 N–H and O–H groups in total. The molecule has 0 spiro atoms. The van der Waals surface area contributed by atoms with E-state index in [-0.39, 0.29) is 6.04 Å². The SMILES string of the molecule is COc1cc([C@H](C)N)ccc1OCc1cncc(Br)c1. The van der Waals surface area contributed by atoms with Crippen molar-refractivity contribution in [2.75, 3.05) is 7.11 Å². The minimum absolute atomic E-state index is 0.0350. The first-order chi connectivity index (χ1) is 9.60. The minimum atomic E-state index is -0.0350. The second-order valence-corrected chi connectivity index (χ2v) is 5.41. The number of benzene rings is 1. The van der Waals surface area contributed by atoms with E-state index in [4.69, 9.17) is 15.2 Å². The molecular weight excluding hydrogens is 320 g/mol. The molecule has 0 aliphatic carbocycles. The Balaban J connectivity index is 2.13. The standard InChI is InChI=1S/C15H17BrN2O2/c1-10(17)12-3-4-14(15(6-12)19-2)20-9-11-5-13(16)8-18-7-11/h3-8,10H,9,17H2,1-2H3/t10-/m0/s1. The van der Waals surface area contributed by atoms with Crippen molar-refractivity contribution in [3.8, 4) is 11.5 Å². The topological polar surface area (TPSA) is 57.4 Å². The molecular formula is C15H17BrN2O2. The Kier molecular flexibility index (Phi) is 4.98. The van der Waals surface area contributed by atoms with Crippen LogP contribution in [0.2, 0.25) is 0 Å². The summed E-state index contributed by atoms with van der Waals surface area (Å²) >= 11 is 3.39. The van der Waals surface area contributed by atoms with Crippen molar-refractivity contribution in [2.45, 2.75) is 19.6 Å². The highest BCUT2D eigenvalue weighted by Crippen LogP contribution is 2.30. The summed E-state index contributed by atoms with van der Waals surface area (Å²) in [5.74, 6) is 1.37. The van der Waals surface area contributed by atoms with E-state index in [0.29, 0.717) is 18.1 Å². The fraction of sp³-hybridized carbons (Fsp3) is 0.267. The lowest BCUT2D eigenvalue weighted by molar-refractivity contribution is 0.284. The predicted molar refractivity (Wildman–Crippen MR) is 81.9 cm³/mol. The number of rotatable bonds is 5. The Morgan fingerprint density at radius 3 is 2.70 bits per heavy atom. The van der Waals surface area contributed by atoms with Gasteiger partial charge in [0.25, 0.3) is 0 Å². The zero-order valence-corrected chi connectivity index (χ0v) is 13.1. The molecule has 20 heavy (non-hydrogen) atoms. The fourth-order valence-corrected chi connectivity index (χ4v) is 2.19. The number of hydrogen-bond donors (Lipinski definition) is 1. The molecule has 4 nitrogen and oxygen atoms in total. The monoisotopic (exact) mass is 336 g/mol. The number of nitrogens with two attached hydrogens (primary N) is 1. The number of nitrogens with zero attached hydrogens (tertiary/aromatic N) is 1. The third-order valence-corrected chi connectivity index (χ3v) is 3.30. The van der Waals surface area contributed by atoms with Gasteiger partial charge in [-0.25, -0.2) is 0 Å². The first-order valence-electron chi connectivity index (χ1n) is 6.26. The summed E-state index contributed by atoms with van der Waals surface area (Å²) in [6, 6.07) is 7.66. The van der Waals surface area contributed by atoms with Gasteiger partial charge in [-0.05, 0) is 46.6 Å². The van der Waals surface area contributed by atoms with E-state index in [1.165, 1.54) is 0 Å². The number of halogens is 1. The molecule has 1 atom stereocenters. The first-order valence-corrected chi connectivity index (χ1v) is 7.05. The second-order valence-electron chi connectivity index (χ2n) is 4.50. The smallest absolute Gasteiger partial charge is 0.161 e. The summed E-state index contributed by atoms with van der Waals surface area (Å²) in [5, 5.41) is 0. The Morgan fingerprint density at radius 1 is 1.25 bits per heavy atom. The van der Waals surface area contributed by atoms with Gasteiger partial charge >= 0.3 is 0 Å². The van der Waals surface area contributed by atoms with Crippen LogP contribution in [0.1, 0.15) is 24.1 Å². The molecule has 2 rings (SSSR count). The molecule has 1 aromatic heterocycles. The molecule has 0 radical (unpaired) electrons. The minimum Gasteiger partial charge on any atom is -0.493 e. The molecule has 0 aliphatic rings. The first kappa shape index (κ1) is 14.8. The fourth-order valence-electron chi connectivity index (χ4n) is 1.78.